The fourth-order valence-electron chi connectivity index (χ4n) is 9.07. The van der Waals surface area contributed by atoms with Gasteiger partial charge in [-0.05, 0) is 96.3 Å². The van der Waals surface area contributed by atoms with Crippen LogP contribution in [0.3, 0.4) is 0 Å². The monoisotopic (exact) mass is 665 g/mol. The molecule has 1 heteroatoms. The summed E-state index contributed by atoms with van der Waals surface area (Å²) in [4.78, 5) is 2.61. The van der Waals surface area contributed by atoms with E-state index in [9.17, 15) is 0 Å². The van der Waals surface area contributed by atoms with Gasteiger partial charge in [-0.25, -0.2) is 0 Å². The van der Waals surface area contributed by atoms with Crippen LogP contribution >= 0.6 is 0 Å². The van der Waals surface area contributed by atoms with Crippen molar-refractivity contribution in [2.45, 2.75) is 90.9 Å². The van der Waals surface area contributed by atoms with Crippen LogP contribution in [-0.4, -0.2) is 0 Å². The van der Waals surface area contributed by atoms with Crippen molar-refractivity contribution < 1.29 is 0 Å². The average Bonchev–Trinajstić information content (AvgIpc) is 3.47. The Kier molecular flexibility index (Phi) is 7.38. The molecule has 0 spiro atoms. The Morgan fingerprint density at radius 1 is 0.431 bits per heavy atom. The number of fused-ring (bicyclic) bond motifs is 6. The van der Waals surface area contributed by atoms with E-state index in [1.807, 2.05) is 0 Å². The minimum Gasteiger partial charge on any atom is -0.310 e. The van der Waals surface area contributed by atoms with Crippen LogP contribution in [0, 0.1) is 0 Å². The molecule has 0 N–H and O–H groups in total. The van der Waals surface area contributed by atoms with Crippen LogP contribution in [0.5, 0.6) is 0 Å². The molecular formula is C50H51N. The molecule has 0 amide bonds. The molecule has 2 aliphatic carbocycles. The van der Waals surface area contributed by atoms with Crippen molar-refractivity contribution in [1.82, 2.24) is 0 Å². The van der Waals surface area contributed by atoms with E-state index in [0.29, 0.717) is 0 Å². The number of nitrogens with zero attached hydrogens (tertiary/aromatic N) is 1. The molecule has 2 aliphatic rings. The maximum Gasteiger partial charge on any atom is 0.0583 e. The minimum atomic E-state index is -0.137. The average molecular weight is 666 g/mol. The molecule has 0 radical (unpaired) electrons. The number of hydrogen-bond donors (Lipinski definition) is 0. The zero-order chi connectivity index (χ0) is 36.1. The van der Waals surface area contributed by atoms with Crippen LogP contribution in [-0.2, 0) is 21.7 Å². The maximum absolute atomic E-state index is 2.61. The molecule has 0 unspecified atom stereocenters. The van der Waals surface area contributed by atoms with Gasteiger partial charge in [0.15, 0.2) is 0 Å². The van der Waals surface area contributed by atoms with Crippen molar-refractivity contribution in [2.75, 3.05) is 4.90 Å². The molecule has 256 valence electrons. The highest BCUT2D eigenvalue weighted by molar-refractivity contribution is 5.98. The molecule has 0 atom stereocenters. The second-order valence-corrected chi connectivity index (χ2v) is 17.9. The third-order valence-electron chi connectivity index (χ3n) is 11.7. The standard InChI is InChI=1S/C50H51N/c1-47(2,3)43-31-42-44(38-21-15-17-23-40(38)50(42,9)10)46(45(43)48(4,5)6)51(34-26-24-33(25-27-34)32-18-12-11-13-19-32)35-28-29-37-36-20-14-16-22-39(36)49(7,8)41(37)30-35/h11-31H,1-10H3. The summed E-state index contributed by atoms with van der Waals surface area (Å²) in [5.41, 5.74) is 19.5. The van der Waals surface area contributed by atoms with Crippen LogP contribution in [0.15, 0.2) is 127 Å². The lowest BCUT2D eigenvalue weighted by Crippen LogP contribution is -2.28. The minimum absolute atomic E-state index is 0.0678. The van der Waals surface area contributed by atoms with Gasteiger partial charge in [-0.15, -0.1) is 0 Å². The molecule has 8 rings (SSSR count). The summed E-state index contributed by atoms with van der Waals surface area (Å²) in [5, 5.41) is 0. The van der Waals surface area contributed by atoms with Gasteiger partial charge in [-0.3, -0.25) is 0 Å². The molecule has 0 saturated carbocycles. The van der Waals surface area contributed by atoms with Gasteiger partial charge in [-0.2, -0.15) is 0 Å². The van der Waals surface area contributed by atoms with E-state index in [2.05, 4.69) is 202 Å². The van der Waals surface area contributed by atoms with Crippen molar-refractivity contribution in [1.29, 1.82) is 0 Å². The van der Waals surface area contributed by atoms with E-state index in [1.54, 1.807) is 0 Å². The van der Waals surface area contributed by atoms with Gasteiger partial charge in [-0.1, -0.05) is 172 Å². The number of hydrogen-bond acceptors (Lipinski definition) is 1. The summed E-state index contributed by atoms with van der Waals surface area (Å²) in [6.45, 7) is 24.0. The zero-order valence-electron chi connectivity index (χ0n) is 32.1. The Balaban J connectivity index is 1.49. The van der Waals surface area contributed by atoms with E-state index in [1.165, 1.54) is 83.8 Å². The van der Waals surface area contributed by atoms with Gasteiger partial charge >= 0.3 is 0 Å². The Bertz CT molecular complexity index is 2300. The second-order valence-electron chi connectivity index (χ2n) is 17.9. The molecule has 51 heavy (non-hydrogen) atoms. The number of anilines is 3. The molecule has 0 heterocycles. The van der Waals surface area contributed by atoms with Crippen molar-refractivity contribution in [3.05, 3.63) is 161 Å². The molecule has 6 aromatic carbocycles. The van der Waals surface area contributed by atoms with Gasteiger partial charge in [0.1, 0.15) is 0 Å². The highest BCUT2D eigenvalue weighted by Gasteiger charge is 2.43. The highest BCUT2D eigenvalue weighted by Crippen LogP contribution is 2.59. The molecule has 1 nitrogen and oxygen atoms in total. The van der Waals surface area contributed by atoms with Crippen LogP contribution in [0.4, 0.5) is 17.1 Å². The first-order valence-electron chi connectivity index (χ1n) is 18.6. The van der Waals surface area contributed by atoms with E-state index >= 15 is 0 Å². The van der Waals surface area contributed by atoms with Gasteiger partial charge < -0.3 is 4.90 Å². The van der Waals surface area contributed by atoms with Gasteiger partial charge in [0.2, 0.25) is 0 Å². The fraction of sp³-hybridized carbons (Fsp3) is 0.280. The Morgan fingerprint density at radius 2 is 0.941 bits per heavy atom. The van der Waals surface area contributed by atoms with E-state index in [0.717, 1.165) is 0 Å². The lowest BCUT2D eigenvalue weighted by Gasteiger charge is -2.39. The van der Waals surface area contributed by atoms with E-state index in [-0.39, 0.29) is 21.7 Å². The van der Waals surface area contributed by atoms with Crippen molar-refractivity contribution in [2.24, 2.45) is 0 Å². The second kappa shape index (κ2) is 11.3. The van der Waals surface area contributed by atoms with E-state index < -0.39 is 0 Å². The third kappa shape index (κ3) is 5.11. The third-order valence-corrected chi connectivity index (χ3v) is 11.7. The van der Waals surface area contributed by atoms with Crippen molar-refractivity contribution in [3.8, 4) is 33.4 Å². The summed E-state index contributed by atoms with van der Waals surface area (Å²) in [6.07, 6.45) is 0. The summed E-state index contributed by atoms with van der Waals surface area (Å²) in [7, 11) is 0. The predicted molar refractivity (Wildman–Crippen MR) is 219 cm³/mol. The quantitative estimate of drug-likeness (QED) is 0.181. The number of rotatable bonds is 4. The lowest BCUT2D eigenvalue weighted by atomic mass is 9.70. The summed E-state index contributed by atoms with van der Waals surface area (Å²) < 4.78 is 0. The lowest BCUT2D eigenvalue weighted by molar-refractivity contribution is 0.528. The first-order chi connectivity index (χ1) is 24.1. The highest BCUT2D eigenvalue weighted by atomic mass is 15.2. The first kappa shape index (κ1) is 33.3. The van der Waals surface area contributed by atoms with Crippen LogP contribution in [0.1, 0.15) is 103 Å². The smallest absolute Gasteiger partial charge is 0.0583 e. The summed E-state index contributed by atoms with van der Waals surface area (Å²) >= 11 is 0. The molecule has 0 saturated heterocycles. The molecule has 6 aromatic rings. The Labute approximate surface area is 306 Å². The number of benzene rings is 6. The van der Waals surface area contributed by atoms with Gasteiger partial charge in [0.05, 0.1) is 5.69 Å². The molecule has 0 aromatic heterocycles. The van der Waals surface area contributed by atoms with E-state index in [4.69, 9.17) is 0 Å². The molecule has 0 fully saturated rings. The molecular weight excluding hydrogens is 615 g/mol. The Hall–Kier alpha value is -4.88. The zero-order valence-corrected chi connectivity index (χ0v) is 32.1. The van der Waals surface area contributed by atoms with Gasteiger partial charge in [0, 0.05) is 27.8 Å². The first-order valence-corrected chi connectivity index (χ1v) is 18.6. The normalized spacial score (nSPS) is 15.2. The predicted octanol–water partition coefficient (Wildman–Crippen LogP) is 14.0. The summed E-state index contributed by atoms with van der Waals surface area (Å²) in [6, 6.07) is 47.9. The topological polar surface area (TPSA) is 3.24 Å². The van der Waals surface area contributed by atoms with Gasteiger partial charge in [0.25, 0.3) is 0 Å². The largest absolute Gasteiger partial charge is 0.310 e. The maximum atomic E-state index is 2.61. The molecule has 0 aliphatic heterocycles. The van der Waals surface area contributed by atoms with Crippen molar-refractivity contribution >= 4 is 17.1 Å². The van der Waals surface area contributed by atoms with Crippen LogP contribution in [0.25, 0.3) is 33.4 Å². The molecule has 0 bridgehead atoms. The summed E-state index contributed by atoms with van der Waals surface area (Å²) in [5.74, 6) is 0. The fourth-order valence-corrected chi connectivity index (χ4v) is 9.07. The van der Waals surface area contributed by atoms with Crippen LogP contribution in [0.2, 0.25) is 0 Å². The Morgan fingerprint density at radius 3 is 1.57 bits per heavy atom. The SMILES string of the molecule is CC(C)(C)c1cc2c(c(N(c3ccc(-c4ccccc4)cc3)c3ccc4c(c3)C(C)(C)c3ccccc3-4)c1C(C)(C)C)-c1ccccc1C2(C)C. The van der Waals surface area contributed by atoms with Crippen LogP contribution < -0.4 is 4.90 Å². The van der Waals surface area contributed by atoms with Crippen molar-refractivity contribution in [3.63, 3.8) is 0 Å².